The largest absolute Gasteiger partial charge is 0.480 e. The monoisotopic (exact) mass is 235 g/mol. The summed E-state index contributed by atoms with van der Waals surface area (Å²) in [6, 6.07) is 7.85. The molecule has 1 aromatic rings. The average Bonchev–Trinajstić information content (AvgIpc) is 2.34. The number of hydrogen-bond donors (Lipinski definition) is 3. The van der Waals surface area contributed by atoms with Crippen LogP contribution in [-0.2, 0) is 9.59 Å². The van der Waals surface area contributed by atoms with Crippen LogP contribution in [0.1, 0.15) is 5.56 Å². The van der Waals surface area contributed by atoms with Crippen molar-refractivity contribution < 1.29 is 19.8 Å². The van der Waals surface area contributed by atoms with E-state index in [0.29, 0.717) is 0 Å². The summed E-state index contributed by atoms with van der Waals surface area (Å²) in [5, 5.41) is 19.5. The van der Waals surface area contributed by atoms with Gasteiger partial charge in [-0.05, 0) is 11.6 Å². The first kappa shape index (κ1) is 12.9. The normalized spacial score (nSPS) is 12.3. The third-order valence-corrected chi connectivity index (χ3v) is 2.02. The van der Waals surface area contributed by atoms with Crippen LogP contribution in [-0.4, -0.2) is 34.7 Å². The van der Waals surface area contributed by atoms with Crippen LogP contribution in [0.4, 0.5) is 0 Å². The molecule has 0 aliphatic heterocycles. The Kier molecular flexibility index (Phi) is 4.90. The van der Waals surface area contributed by atoms with Gasteiger partial charge in [0.1, 0.15) is 0 Å². The quantitative estimate of drug-likeness (QED) is 0.639. The summed E-state index contributed by atoms with van der Waals surface area (Å²) >= 11 is 0. The van der Waals surface area contributed by atoms with Crippen molar-refractivity contribution in [3.8, 4) is 0 Å². The van der Waals surface area contributed by atoms with Crippen LogP contribution in [0.25, 0.3) is 6.08 Å². The maximum atomic E-state index is 11.3. The Morgan fingerprint density at radius 1 is 1.29 bits per heavy atom. The van der Waals surface area contributed by atoms with E-state index < -0.39 is 24.5 Å². The van der Waals surface area contributed by atoms with Gasteiger partial charge >= 0.3 is 5.97 Å². The fourth-order valence-electron chi connectivity index (χ4n) is 1.14. The summed E-state index contributed by atoms with van der Waals surface area (Å²) in [6.45, 7) is -0.639. The molecule has 1 rings (SSSR count). The zero-order chi connectivity index (χ0) is 12.7. The van der Waals surface area contributed by atoms with Gasteiger partial charge in [0.15, 0.2) is 6.04 Å². The Morgan fingerprint density at radius 2 is 1.94 bits per heavy atom. The van der Waals surface area contributed by atoms with Crippen molar-refractivity contribution in [1.82, 2.24) is 5.32 Å². The summed E-state index contributed by atoms with van der Waals surface area (Å²) < 4.78 is 0. The van der Waals surface area contributed by atoms with Gasteiger partial charge < -0.3 is 15.5 Å². The number of aliphatic hydroxyl groups excluding tert-OH is 1. The van der Waals surface area contributed by atoms with Crippen molar-refractivity contribution in [2.45, 2.75) is 6.04 Å². The molecule has 0 aliphatic rings. The molecule has 90 valence electrons. The first-order valence-electron chi connectivity index (χ1n) is 5.01. The predicted molar refractivity (Wildman–Crippen MR) is 62.1 cm³/mol. The standard InChI is InChI=1S/C12H13NO4/c14-8-10(12(16)17)13-11(15)7-6-9-4-2-1-3-5-9/h1-7,10,14H,8H2,(H,13,15)(H,16,17)/b7-6+/t10-/m0/s1. The van der Waals surface area contributed by atoms with Gasteiger partial charge in [-0.25, -0.2) is 4.79 Å². The molecule has 0 unspecified atom stereocenters. The van der Waals surface area contributed by atoms with Gasteiger partial charge in [0.2, 0.25) is 5.91 Å². The summed E-state index contributed by atoms with van der Waals surface area (Å²) in [7, 11) is 0. The lowest BCUT2D eigenvalue weighted by atomic mass is 10.2. The minimum Gasteiger partial charge on any atom is -0.480 e. The number of benzene rings is 1. The number of aliphatic carboxylic acids is 1. The molecule has 3 N–H and O–H groups in total. The molecule has 1 atom stereocenters. The van der Waals surface area contributed by atoms with Gasteiger partial charge in [-0.15, -0.1) is 0 Å². The molecular weight excluding hydrogens is 222 g/mol. The molecule has 1 aromatic carbocycles. The third kappa shape index (κ3) is 4.48. The predicted octanol–water partition coefficient (Wildman–Crippen LogP) is 0.261. The SMILES string of the molecule is O=C(/C=C/c1ccccc1)N[C@@H](CO)C(=O)O. The van der Waals surface area contributed by atoms with Crippen molar-refractivity contribution in [3.05, 3.63) is 42.0 Å². The molecule has 0 saturated heterocycles. The molecule has 5 nitrogen and oxygen atoms in total. The van der Waals surface area contributed by atoms with E-state index in [1.54, 1.807) is 6.08 Å². The van der Waals surface area contributed by atoms with E-state index in [1.165, 1.54) is 6.08 Å². The second kappa shape index (κ2) is 6.44. The van der Waals surface area contributed by atoms with E-state index in [0.717, 1.165) is 5.56 Å². The van der Waals surface area contributed by atoms with Crippen LogP contribution in [0.5, 0.6) is 0 Å². The highest BCUT2D eigenvalue weighted by Crippen LogP contribution is 2.00. The first-order valence-corrected chi connectivity index (χ1v) is 5.01. The fourth-order valence-corrected chi connectivity index (χ4v) is 1.14. The zero-order valence-corrected chi connectivity index (χ0v) is 9.04. The minimum absolute atomic E-state index is 0.560. The average molecular weight is 235 g/mol. The van der Waals surface area contributed by atoms with E-state index >= 15 is 0 Å². The molecule has 0 saturated carbocycles. The summed E-state index contributed by atoms with van der Waals surface area (Å²) in [4.78, 5) is 21.9. The van der Waals surface area contributed by atoms with Crippen molar-refractivity contribution in [1.29, 1.82) is 0 Å². The number of nitrogens with one attached hydrogen (secondary N) is 1. The number of carboxylic acids is 1. The van der Waals surface area contributed by atoms with Crippen molar-refractivity contribution in [3.63, 3.8) is 0 Å². The highest BCUT2D eigenvalue weighted by molar-refractivity contribution is 5.94. The summed E-state index contributed by atoms with van der Waals surface area (Å²) in [6.07, 6.45) is 2.78. The van der Waals surface area contributed by atoms with Crippen LogP contribution < -0.4 is 5.32 Å². The highest BCUT2D eigenvalue weighted by atomic mass is 16.4. The number of hydrogen-bond acceptors (Lipinski definition) is 3. The maximum absolute atomic E-state index is 11.3. The molecule has 0 spiro atoms. The van der Waals surface area contributed by atoms with E-state index in [1.807, 2.05) is 30.3 Å². The van der Waals surface area contributed by atoms with Gasteiger partial charge in [-0.2, -0.15) is 0 Å². The number of amides is 1. The minimum atomic E-state index is -1.28. The molecular formula is C12H13NO4. The molecule has 0 bridgehead atoms. The Hall–Kier alpha value is -2.14. The van der Waals surface area contributed by atoms with Gasteiger partial charge in [0, 0.05) is 6.08 Å². The van der Waals surface area contributed by atoms with Crippen molar-refractivity contribution in [2.24, 2.45) is 0 Å². The second-order valence-corrected chi connectivity index (χ2v) is 3.33. The maximum Gasteiger partial charge on any atom is 0.328 e. The fraction of sp³-hybridized carbons (Fsp3) is 0.167. The molecule has 0 aromatic heterocycles. The van der Waals surface area contributed by atoms with E-state index in [4.69, 9.17) is 10.2 Å². The zero-order valence-electron chi connectivity index (χ0n) is 9.04. The Bertz CT molecular complexity index is 414. The van der Waals surface area contributed by atoms with E-state index in [-0.39, 0.29) is 0 Å². The number of rotatable bonds is 5. The molecule has 0 heterocycles. The van der Waals surface area contributed by atoms with E-state index in [9.17, 15) is 9.59 Å². The van der Waals surface area contributed by atoms with Gasteiger partial charge in [-0.1, -0.05) is 30.3 Å². The third-order valence-electron chi connectivity index (χ3n) is 2.02. The van der Waals surface area contributed by atoms with E-state index in [2.05, 4.69) is 5.32 Å². The van der Waals surface area contributed by atoms with Crippen LogP contribution in [0.3, 0.4) is 0 Å². The topological polar surface area (TPSA) is 86.6 Å². The molecule has 0 aliphatic carbocycles. The Balaban J connectivity index is 2.55. The number of carbonyl (C=O) groups excluding carboxylic acids is 1. The smallest absolute Gasteiger partial charge is 0.328 e. The second-order valence-electron chi connectivity index (χ2n) is 3.33. The molecule has 1 amide bonds. The first-order chi connectivity index (χ1) is 8.13. The lowest BCUT2D eigenvalue weighted by molar-refractivity contribution is -0.142. The number of carbonyl (C=O) groups is 2. The van der Waals surface area contributed by atoms with Crippen molar-refractivity contribution in [2.75, 3.05) is 6.61 Å². The lowest BCUT2D eigenvalue weighted by Crippen LogP contribution is -2.42. The van der Waals surface area contributed by atoms with Crippen LogP contribution in [0, 0.1) is 0 Å². The Labute approximate surface area is 98.4 Å². The summed E-state index contributed by atoms with van der Waals surface area (Å²) in [5.74, 6) is -1.83. The molecule has 0 fully saturated rings. The van der Waals surface area contributed by atoms with Crippen LogP contribution >= 0.6 is 0 Å². The highest BCUT2D eigenvalue weighted by Gasteiger charge is 2.16. The number of carboxylic acid groups (broad SMARTS) is 1. The van der Waals surface area contributed by atoms with Crippen LogP contribution in [0.15, 0.2) is 36.4 Å². The van der Waals surface area contributed by atoms with Gasteiger partial charge in [-0.3, -0.25) is 4.79 Å². The Morgan fingerprint density at radius 3 is 2.47 bits per heavy atom. The molecule has 0 radical (unpaired) electrons. The summed E-state index contributed by atoms with van der Waals surface area (Å²) in [5.41, 5.74) is 0.832. The molecule has 17 heavy (non-hydrogen) atoms. The lowest BCUT2D eigenvalue weighted by Gasteiger charge is -2.08. The van der Waals surface area contributed by atoms with Crippen molar-refractivity contribution >= 4 is 18.0 Å². The van der Waals surface area contributed by atoms with Crippen LogP contribution in [0.2, 0.25) is 0 Å². The molecule has 5 heteroatoms. The van der Waals surface area contributed by atoms with Gasteiger partial charge in [0.25, 0.3) is 0 Å². The number of aliphatic hydroxyl groups is 1. The van der Waals surface area contributed by atoms with Gasteiger partial charge in [0.05, 0.1) is 6.61 Å².